The molecule has 2 N–H and O–H groups in total. The maximum Gasteiger partial charge on any atom is 0.339 e. The Balaban J connectivity index is 1.94. The molecule has 0 unspecified atom stereocenters. The molecule has 1 aromatic heterocycles. The zero-order valence-corrected chi connectivity index (χ0v) is 15.3. The van der Waals surface area contributed by atoms with Gasteiger partial charge in [0.2, 0.25) is 0 Å². The molecular formula is C21H19NO3S. The van der Waals surface area contributed by atoms with Crippen molar-refractivity contribution < 1.29 is 14.7 Å². The van der Waals surface area contributed by atoms with Crippen molar-refractivity contribution in [1.82, 2.24) is 0 Å². The van der Waals surface area contributed by atoms with Crippen molar-refractivity contribution in [3.05, 3.63) is 76.7 Å². The lowest BCUT2D eigenvalue weighted by molar-refractivity contribution is 0.0699. The minimum atomic E-state index is -1.06. The number of aromatic carboxylic acids is 1. The number of amides is 1. The highest BCUT2D eigenvalue weighted by Crippen LogP contribution is 2.36. The van der Waals surface area contributed by atoms with Gasteiger partial charge in [-0.2, -0.15) is 0 Å². The molecule has 1 amide bonds. The number of benzene rings is 2. The van der Waals surface area contributed by atoms with Gasteiger partial charge in [0.15, 0.2) is 0 Å². The Morgan fingerprint density at radius 2 is 1.65 bits per heavy atom. The van der Waals surface area contributed by atoms with Crippen LogP contribution in [0.25, 0.3) is 11.1 Å². The molecule has 3 aromatic rings. The van der Waals surface area contributed by atoms with Crippen molar-refractivity contribution in [1.29, 1.82) is 0 Å². The molecule has 3 rings (SSSR count). The van der Waals surface area contributed by atoms with Crippen LogP contribution in [0, 0.1) is 0 Å². The first kappa shape index (κ1) is 17.9. The number of nitrogens with one attached hydrogen (secondary N) is 1. The van der Waals surface area contributed by atoms with E-state index in [2.05, 4.69) is 19.2 Å². The summed E-state index contributed by atoms with van der Waals surface area (Å²) in [6.45, 7) is 4.22. The Labute approximate surface area is 156 Å². The van der Waals surface area contributed by atoms with Crippen LogP contribution in [0.3, 0.4) is 0 Å². The summed E-state index contributed by atoms with van der Waals surface area (Å²) in [6, 6.07) is 16.6. The van der Waals surface area contributed by atoms with Crippen molar-refractivity contribution in [2.75, 3.05) is 5.32 Å². The zero-order chi connectivity index (χ0) is 18.7. The summed E-state index contributed by atoms with van der Waals surface area (Å²) in [5.41, 5.74) is 3.24. The van der Waals surface area contributed by atoms with Gasteiger partial charge in [0.25, 0.3) is 5.91 Å². The Bertz CT molecular complexity index is 928. The van der Waals surface area contributed by atoms with Gasteiger partial charge in [-0.15, -0.1) is 11.3 Å². The van der Waals surface area contributed by atoms with Gasteiger partial charge >= 0.3 is 5.97 Å². The number of thiophene rings is 1. The van der Waals surface area contributed by atoms with Crippen LogP contribution in [-0.4, -0.2) is 17.0 Å². The Kier molecular flexibility index (Phi) is 5.19. The van der Waals surface area contributed by atoms with E-state index in [1.165, 1.54) is 16.9 Å². The smallest absolute Gasteiger partial charge is 0.339 e. The monoisotopic (exact) mass is 365 g/mol. The average Bonchev–Trinajstić information content (AvgIpc) is 3.06. The molecule has 0 saturated carbocycles. The molecular weight excluding hydrogens is 346 g/mol. The first-order valence-corrected chi connectivity index (χ1v) is 9.17. The summed E-state index contributed by atoms with van der Waals surface area (Å²) in [5, 5.41) is 14.5. The summed E-state index contributed by atoms with van der Waals surface area (Å²) in [6.07, 6.45) is 0. The molecule has 0 atom stereocenters. The largest absolute Gasteiger partial charge is 0.478 e. The van der Waals surface area contributed by atoms with Crippen LogP contribution in [0.15, 0.2) is 60.0 Å². The maximum atomic E-state index is 12.4. The predicted octanol–water partition coefficient (Wildman–Crippen LogP) is 5.49. The van der Waals surface area contributed by atoms with Crippen molar-refractivity contribution in [2.45, 2.75) is 19.8 Å². The van der Waals surface area contributed by atoms with Gasteiger partial charge in [-0.3, -0.25) is 4.79 Å². The number of carbonyl (C=O) groups is 2. The fraction of sp³-hybridized carbons (Fsp3) is 0.143. The number of hydrogen-bond acceptors (Lipinski definition) is 3. The fourth-order valence-corrected chi connectivity index (χ4v) is 3.64. The van der Waals surface area contributed by atoms with E-state index in [0.29, 0.717) is 22.0 Å². The number of hydrogen-bond donors (Lipinski definition) is 2. The molecule has 1 heterocycles. The quantitative estimate of drug-likeness (QED) is 0.628. The van der Waals surface area contributed by atoms with E-state index in [4.69, 9.17) is 0 Å². The topological polar surface area (TPSA) is 66.4 Å². The molecule has 0 aliphatic rings. The van der Waals surface area contributed by atoms with Crippen LogP contribution >= 0.6 is 11.3 Å². The van der Waals surface area contributed by atoms with Gasteiger partial charge < -0.3 is 10.4 Å². The van der Waals surface area contributed by atoms with Gasteiger partial charge in [-0.05, 0) is 29.2 Å². The third-order valence-electron chi connectivity index (χ3n) is 4.16. The lowest BCUT2D eigenvalue weighted by Crippen LogP contribution is -2.13. The van der Waals surface area contributed by atoms with Crippen molar-refractivity contribution in [3.8, 4) is 11.1 Å². The highest BCUT2D eigenvalue weighted by atomic mass is 32.1. The normalized spacial score (nSPS) is 10.7. The number of carboxylic acid groups (broad SMARTS) is 1. The van der Waals surface area contributed by atoms with Crippen LogP contribution in [0.5, 0.6) is 0 Å². The molecule has 0 saturated heterocycles. The van der Waals surface area contributed by atoms with Crippen LogP contribution in [0.1, 0.15) is 46.0 Å². The second kappa shape index (κ2) is 7.54. The highest BCUT2D eigenvalue weighted by molar-refractivity contribution is 7.15. The molecule has 4 nitrogen and oxygen atoms in total. The molecule has 0 radical (unpaired) electrons. The number of carboxylic acids is 1. The molecule has 26 heavy (non-hydrogen) atoms. The van der Waals surface area contributed by atoms with E-state index in [-0.39, 0.29) is 11.5 Å². The number of rotatable bonds is 5. The molecule has 132 valence electrons. The summed E-state index contributed by atoms with van der Waals surface area (Å²) in [7, 11) is 0. The Morgan fingerprint density at radius 1 is 1.00 bits per heavy atom. The molecule has 5 heteroatoms. The molecule has 0 bridgehead atoms. The van der Waals surface area contributed by atoms with Gasteiger partial charge in [0.1, 0.15) is 10.6 Å². The summed E-state index contributed by atoms with van der Waals surface area (Å²) < 4.78 is 0. The van der Waals surface area contributed by atoms with E-state index >= 15 is 0 Å². The van der Waals surface area contributed by atoms with Gasteiger partial charge in [0, 0.05) is 16.5 Å². The Hall–Kier alpha value is -2.92. The first-order chi connectivity index (χ1) is 12.5. The van der Waals surface area contributed by atoms with E-state index in [1.54, 1.807) is 29.6 Å². The number of anilines is 1. The maximum absolute atomic E-state index is 12.4. The standard InChI is InChI=1S/C21H19NO3S/c1-13(2)14-8-10-15(11-9-14)17-12-26-20(18(17)21(24)25)22-19(23)16-6-4-3-5-7-16/h3-13H,1-2H3,(H,22,23)(H,24,25). The Morgan fingerprint density at radius 3 is 2.23 bits per heavy atom. The second-order valence-corrected chi connectivity index (χ2v) is 7.14. The summed E-state index contributed by atoms with van der Waals surface area (Å²) in [5.74, 6) is -0.972. The fourth-order valence-electron chi connectivity index (χ4n) is 2.69. The van der Waals surface area contributed by atoms with Crippen LogP contribution in [-0.2, 0) is 0 Å². The summed E-state index contributed by atoms with van der Waals surface area (Å²) in [4.78, 5) is 24.2. The van der Waals surface area contributed by atoms with Crippen LogP contribution in [0.4, 0.5) is 5.00 Å². The SMILES string of the molecule is CC(C)c1ccc(-c2csc(NC(=O)c3ccccc3)c2C(=O)O)cc1. The molecule has 2 aromatic carbocycles. The van der Waals surface area contributed by atoms with Crippen molar-refractivity contribution >= 4 is 28.2 Å². The number of carbonyl (C=O) groups excluding carboxylic acids is 1. The molecule has 0 aliphatic heterocycles. The molecule has 0 spiro atoms. The lowest BCUT2D eigenvalue weighted by atomic mass is 9.98. The average molecular weight is 365 g/mol. The third-order valence-corrected chi connectivity index (χ3v) is 5.05. The van der Waals surface area contributed by atoms with E-state index in [9.17, 15) is 14.7 Å². The van der Waals surface area contributed by atoms with Crippen LogP contribution in [0.2, 0.25) is 0 Å². The van der Waals surface area contributed by atoms with Gasteiger partial charge in [0.05, 0.1) is 0 Å². The van der Waals surface area contributed by atoms with Crippen molar-refractivity contribution in [3.63, 3.8) is 0 Å². The lowest BCUT2D eigenvalue weighted by Gasteiger charge is -2.08. The van der Waals surface area contributed by atoms with Gasteiger partial charge in [-0.1, -0.05) is 56.3 Å². The third kappa shape index (κ3) is 3.68. The predicted molar refractivity (Wildman–Crippen MR) is 105 cm³/mol. The minimum absolute atomic E-state index is 0.122. The van der Waals surface area contributed by atoms with Crippen molar-refractivity contribution in [2.24, 2.45) is 0 Å². The van der Waals surface area contributed by atoms with Crippen LogP contribution < -0.4 is 5.32 Å². The van der Waals surface area contributed by atoms with Gasteiger partial charge in [-0.25, -0.2) is 4.79 Å². The van der Waals surface area contributed by atoms with E-state index in [0.717, 1.165) is 5.56 Å². The summed E-state index contributed by atoms with van der Waals surface area (Å²) >= 11 is 1.22. The second-order valence-electron chi connectivity index (χ2n) is 6.26. The molecule has 0 aliphatic carbocycles. The first-order valence-electron chi connectivity index (χ1n) is 8.29. The minimum Gasteiger partial charge on any atom is -0.478 e. The zero-order valence-electron chi connectivity index (χ0n) is 14.5. The highest BCUT2D eigenvalue weighted by Gasteiger charge is 2.21. The van der Waals surface area contributed by atoms with E-state index in [1.807, 2.05) is 30.3 Å². The molecule has 0 fully saturated rings. The van der Waals surface area contributed by atoms with E-state index < -0.39 is 5.97 Å².